The van der Waals surface area contributed by atoms with Gasteiger partial charge in [0.25, 0.3) is 0 Å². The highest BCUT2D eigenvalue weighted by Gasteiger charge is 2.10. The van der Waals surface area contributed by atoms with Gasteiger partial charge in [-0.2, -0.15) is 0 Å². The van der Waals surface area contributed by atoms with Crippen LogP contribution in [0.3, 0.4) is 0 Å². The largest absolute Gasteiger partial charge is 0.0886 e. The molecule has 0 unspecified atom stereocenters. The Morgan fingerprint density at radius 1 is 0.458 bits per heavy atom. The molecule has 0 aliphatic carbocycles. The number of hydrogen-bond donors (Lipinski definition) is 0. The summed E-state index contributed by atoms with van der Waals surface area (Å²) in [5, 5.41) is 0. The molecule has 0 aromatic heterocycles. The third kappa shape index (κ3) is 3.71. The Hall–Kier alpha value is -1.64. The molecule has 0 amide bonds. The summed E-state index contributed by atoms with van der Waals surface area (Å²) in [6.07, 6.45) is 0. The Morgan fingerprint density at radius 3 is 1.25 bits per heavy atom. The first kappa shape index (κ1) is 17.2. The van der Waals surface area contributed by atoms with Gasteiger partial charge >= 0.3 is 0 Å². The molecule has 0 spiro atoms. The van der Waals surface area contributed by atoms with Crippen molar-refractivity contribution in [3.63, 3.8) is 0 Å². The zero-order chi connectivity index (χ0) is 17.1. The molecule has 3 aromatic carbocycles. The minimum atomic E-state index is 1.32. The van der Waals surface area contributed by atoms with Gasteiger partial charge in [-0.3, -0.25) is 0 Å². The quantitative estimate of drug-likeness (QED) is 0.487. The molecule has 0 saturated heterocycles. The Kier molecular flexibility index (Phi) is 5.37. The average molecular weight is 351 g/mol. The Balaban J connectivity index is 1.94. The van der Waals surface area contributed by atoms with E-state index in [0.717, 1.165) is 0 Å². The summed E-state index contributed by atoms with van der Waals surface area (Å²) < 4.78 is 0. The van der Waals surface area contributed by atoms with Gasteiger partial charge in [-0.25, -0.2) is 0 Å². The Morgan fingerprint density at radius 2 is 0.833 bits per heavy atom. The van der Waals surface area contributed by atoms with Crippen LogP contribution in [0.1, 0.15) is 22.3 Å². The topological polar surface area (TPSA) is 0 Å². The second-order valence-electron chi connectivity index (χ2n) is 6.05. The molecular formula is C22H22S2. The number of benzene rings is 3. The maximum Gasteiger partial charge on any atom is 0.0262 e. The van der Waals surface area contributed by atoms with Crippen molar-refractivity contribution in [2.24, 2.45) is 0 Å². The van der Waals surface area contributed by atoms with Crippen LogP contribution in [0.15, 0.2) is 80.2 Å². The summed E-state index contributed by atoms with van der Waals surface area (Å²) in [5.74, 6) is 0. The van der Waals surface area contributed by atoms with Crippen LogP contribution >= 0.6 is 23.5 Å². The number of rotatable bonds is 4. The molecule has 0 fully saturated rings. The van der Waals surface area contributed by atoms with Gasteiger partial charge in [0.15, 0.2) is 0 Å². The predicted molar refractivity (Wildman–Crippen MR) is 107 cm³/mol. The van der Waals surface area contributed by atoms with E-state index >= 15 is 0 Å². The maximum absolute atomic E-state index is 2.22. The number of aryl methyl sites for hydroxylation is 2. The third-order valence-electron chi connectivity index (χ3n) is 4.40. The van der Waals surface area contributed by atoms with Crippen LogP contribution in [0.5, 0.6) is 0 Å². The van der Waals surface area contributed by atoms with Crippen LogP contribution < -0.4 is 0 Å². The van der Waals surface area contributed by atoms with E-state index in [4.69, 9.17) is 0 Å². The van der Waals surface area contributed by atoms with Crippen molar-refractivity contribution in [1.29, 1.82) is 0 Å². The second-order valence-corrected chi connectivity index (χ2v) is 8.21. The van der Waals surface area contributed by atoms with Gasteiger partial charge in [-0.05, 0) is 74.2 Å². The SMILES string of the molecule is Cc1cccc(Sc2ccccc2Sc2cccc(C)c2C)c1C. The molecule has 3 aromatic rings. The van der Waals surface area contributed by atoms with Crippen LogP contribution in [-0.2, 0) is 0 Å². The first-order chi connectivity index (χ1) is 11.6. The van der Waals surface area contributed by atoms with E-state index in [0.29, 0.717) is 0 Å². The molecule has 0 atom stereocenters. The van der Waals surface area contributed by atoms with Gasteiger partial charge in [0.1, 0.15) is 0 Å². The zero-order valence-electron chi connectivity index (χ0n) is 14.6. The van der Waals surface area contributed by atoms with Crippen molar-refractivity contribution in [2.75, 3.05) is 0 Å². The summed E-state index contributed by atoms with van der Waals surface area (Å²) in [7, 11) is 0. The van der Waals surface area contributed by atoms with Crippen LogP contribution in [0.4, 0.5) is 0 Å². The van der Waals surface area contributed by atoms with Crippen molar-refractivity contribution in [1.82, 2.24) is 0 Å². The van der Waals surface area contributed by atoms with E-state index in [1.165, 1.54) is 41.8 Å². The molecule has 3 rings (SSSR count). The molecule has 2 heteroatoms. The van der Waals surface area contributed by atoms with Crippen LogP contribution in [0.2, 0.25) is 0 Å². The van der Waals surface area contributed by atoms with Gasteiger partial charge < -0.3 is 0 Å². The first-order valence-electron chi connectivity index (χ1n) is 8.13. The van der Waals surface area contributed by atoms with Gasteiger partial charge in [0.2, 0.25) is 0 Å². The molecule has 0 saturated carbocycles. The fourth-order valence-corrected chi connectivity index (χ4v) is 4.80. The van der Waals surface area contributed by atoms with Gasteiger partial charge in [0.05, 0.1) is 0 Å². The Bertz CT molecular complexity index is 793. The highest BCUT2D eigenvalue weighted by Crippen LogP contribution is 2.41. The van der Waals surface area contributed by atoms with Crippen molar-refractivity contribution in [2.45, 2.75) is 47.3 Å². The van der Waals surface area contributed by atoms with E-state index in [9.17, 15) is 0 Å². The van der Waals surface area contributed by atoms with Gasteiger partial charge in [-0.1, -0.05) is 59.9 Å². The third-order valence-corrected chi connectivity index (χ3v) is 7.00. The second kappa shape index (κ2) is 7.50. The normalized spacial score (nSPS) is 10.8. The lowest BCUT2D eigenvalue weighted by Crippen LogP contribution is -1.87. The van der Waals surface area contributed by atoms with Gasteiger partial charge in [-0.15, -0.1) is 0 Å². The predicted octanol–water partition coefficient (Wildman–Crippen LogP) is 7.22. The van der Waals surface area contributed by atoms with Crippen molar-refractivity contribution in [3.8, 4) is 0 Å². The summed E-state index contributed by atoms with van der Waals surface area (Å²) >= 11 is 3.73. The van der Waals surface area contributed by atoms with E-state index in [2.05, 4.69) is 88.4 Å². The summed E-state index contributed by atoms with van der Waals surface area (Å²) in [4.78, 5) is 5.31. The fraction of sp³-hybridized carbons (Fsp3) is 0.182. The molecule has 0 heterocycles. The number of hydrogen-bond acceptors (Lipinski definition) is 2. The summed E-state index contributed by atoms with van der Waals surface area (Å²) in [5.41, 5.74) is 5.43. The van der Waals surface area contributed by atoms with Crippen LogP contribution in [-0.4, -0.2) is 0 Å². The molecule has 0 radical (unpaired) electrons. The molecule has 0 bridgehead atoms. The maximum atomic E-state index is 2.22. The smallest absolute Gasteiger partial charge is 0.0262 e. The molecule has 24 heavy (non-hydrogen) atoms. The monoisotopic (exact) mass is 350 g/mol. The molecule has 0 aliphatic heterocycles. The first-order valence-corrected chi connectivity index (χ1v) is 9.76. The summed E-state index contributed by atoms with van der Waals surface area (Å²) in [6.45, 7) is 8.77. The molecule has 0 N–H and O–H groups in total. The minimum Gasteiger partial charge on any atom is -0.0886 e. The molecular weight excluding hydrogens is 328 g/mol. The lowest BCUT2D eigenvalue weighted by Gasteiger charge is -2.13. The Labute approximate surface area is 153 Å². The highest BCUT2D eigenvalue weighted by atomic mass is 32.2. The van der Waals surface area contributed by atoms with E-state index in [1.807, 2.05) is 23.5 Å². The standard InChI is InChI=1S/C22H22S2/c1-15-9-7-13-19(17(15)3)23-21-11-5-6-12-22(21)24-20-14-8-10-16(2)18(20)4/h5-14H,1-4H3. The molecule has 0 aliphatic rings. The van der Waals surface area contributed by atoms with Crippen LogP contribution in [0, 0.1) is 27.7 Å². The van der Waals surface area contributed by atoms with Crippen molar-refractivity contribution in [3.05, 3.63) is 82.9 Å². The van der Waals surface area contributed by atoms with Crippen molar-refractivity contribution < 1.29 is 0 Å². The average Bonchev–Trinajstić information content (AvgIpc) is 2.58. The highest BCUT2D eigenvalue weighted by molar-refractivity contribution is 8.02. The van der Waals surface area contributed by atoms with E-state index < -0.39 is 0 Å². The molecule has 122 valence electrons. The lowest BCUT2D eigenvalue weighted by atomic mass is 10.1. The van der Waals surface area contributed by atoms with E-state index in [1.54, 1.807) is 0 Å². The van der Waals surface area contributed by atoms with Crippen molar-refractivity contribution >= 4 is 23.5 Å². The van der Waals surface area contributed by atoms with Crippen LogP contribution in [0.25, 0.3) is 0 Å². The molecule has 0 nitrogen and oxygen atoms in total. The summed E-state index contributed by atoms with van der Waals surface area (Å²) in [6, 6.07) is 21.8. The fourth-order valence-electron chi connectivity index (χ4n) is 2.53. The van der Waals surface area contributed by atoms with Gasteiger partial charge in [0, 0.05) is 19.6 Å². The zero-order valence-corrected chi connectivity index (χ0v) is 16.2. The minimum absolute atomic E-state index is 1.32. The van der Waals surface area contributed by atoms with E-state index in [-0.39, 0.29) is 0 Å². The lowest BCUT2D eigenvalue weighted by molar-refractivity contribution is 1.18.